The Hall–Kier alpha value is -4.47. The van der Waals surface area contributed by atoms with E-state index in [9.17, 15) is 35.9 Å². The van der Waals surface area contributed by atoms with Crippen molar-refractivity contribution < 1.29 is 59.4 Å². The van der Waals surface area contributed by atoms with Crippen molar-refractivity contribution in [3.8, 4) is 22.8 Å². The van der Waals surface area contributed by atoms with E-state index >= 15 is 0 Å². The van der Waals surface area contributed by atoms with Crippen LogP contribution in [0.15, 0.2) is 47.0 Å². The third kappa shape index (κ3) is 7.42. The van der Waals surface area contributed by atoms with E-state index in [-0.39, 0.29) is 47.7 Å². The zero-order valence-electron chi connectivity index (χ0n) is 24.8. The number of para-hydroxylation sites is 1. The summed E-state index contributed by atoms with van der Waals surface area (Å²) in [4.78, 5) is 26.9. The maximum absolute atomic E-state index is 13.3. The molecule has 1 aliphatic carbocycles. The first-order valence-corrected chi connectivity index (χ1v) is 14.8. The number of nitrogens with one attached hydrogen (secondary N) is 1. The Morgan fingerprint density at radius 2 is 1.60 bits per heavy atom. The summed E-state index contributed by atoms with van der Waals surface area (Å²) in [7, 11) is 1.02. The Morgan fingerprint density at radius 3 is 2.23 bits per heavy atom. The van der Waals surface area contributed by atoms with E-state index < -0.39 is 41.8 Å². The number of hydrogen-bond acceptors (Lipinski definition) is 8. The largest absolute Gasteiger partial charge is 0.573 e. The van der Waals surface area contributed by atoms with Gasteiger partial charge in [-0.3, -0.25) is 0 Å². The van der Waals surface area contributed by atoms with Gasteiger partial charge in [-0.1, -0.05) is 17.3 Å². The molecule has 2 atom stereocenters. The SMILES string of the molecule is COC(=O)c1ccc(NC(=O)N2C3CCC2CC(OCc2c(-c4ccccc4OC(F)(F)F)noc2C2CC2)C3)cc1OC(F)(F)F. The number of ether oxygens (including phenoxy) is 4. The smallest absolute Gasteiger partial charge is 0.465 e. The number of nitrogens with zero attached hydrogens (tertiary/aromatic N) is 2. The van der Waals surface area contributed by atoms with Gasteiger partial charge in [0.2, 0.25) is 0 Å². The Bertz CT molecular complexity index is 1620. The average Bonchev–Trinajstić information content (AvgIpc) is 3.69. The van der Waals surface area contributed by atoms with Gasteiger partial charge in [0.15, 0.2) is 0 Å². The summed E-state index contributed by atoms with van der Waals surface area (Å²) in [6.45, 7) is 0.0237. The molecule has 2 bridgehead atoms. The van der Waals surface area contributed by atoms with Crippen LogP contribution >= 0.6 is 0 Å². The van der Waals surface area contributed by atoms with Crippen molar-refractivity contribution in [1.82, 2.24) is 10.1 Å². The number of urea groups is 1. The van der Waals surface area contributed by atoms with Gasteiger partial charge in [0.25, 0.3) is 0 Å². The Balaban J connectivity index is 1.14. The molecule has 3 fully saturated rings. The molecule has 2 aliphatic heterocycles. The number of benzene rings is 2. The zero-order chi connectivity index (χ0) is 33.5. The minimum absolute atomic E-state index is 0.0120. The summed E-state index contributed by atoms with van der Waals surface area (Å²) in [5, 5.41) is 6.70. The van der Waals surface area contributed by atoms with Crippen molar-refractivity contribution in [2.24, 2.45) is 0 Å². The summed E-state index contributed by atoms with van der Waals surface area (Å²) >= 11 is 0. The van der Waals surface area contributed by atoms with Gasteiger partial charge >= 0.3 is 24.7 Å². The first kappa shape index (κ1) is 32.5. The summed E-state index contributed by atoms with van der Waals surface area (Å²) in [5.41, 5.74) is 0.401. The summed E-state index contributed by atoms with van der Waals surface area (Å²) in [6.07, 6.45) is -6.29. The predicted octanol–water partition coefficient (Wildman–Crippen LogP) is 7.55. The highest BCUT2D eigenvalue weighted by Gasteiger charge is 2.44. The molecule has 6 rings (SSSR count). The van der Waals surface area contributed by atoms with E-state index in [1.165, 1.54) is 24.3 Å². The fraction of sp³-hybridized carbons (Fsp3) is 0.452. The van der Waals surface area contributed by atoms with Crippen LogP contribution in [0.4, 0.5) is 36.8 Å². The Morgan fingerprint density at radius 1 is 0.936 bits per heavy atom. The number of carbonyl (C=O) groups is 2. The molecule has 252 valence electrons. The number of rotatable bonds is 9. The number of hydrogen-bond donors (Lipinski definition) is 1. The van der Waals surface area contributed by atoms with Crippen molar-refractivity contribution in [1.29, 1.82) is 0 Å². The molecule has 10 nitrogen and oxygen atoms in total. The number of anilines is 1. The molecule has 47 heavy (non-hydrogen) atoms. The molecule has 1 N–H and O–H groups in total. The topological polar surface area (TPSA) is 112 Å². The zero-order valence-corrected chi connectivity index (χ0v) is 24.8. The van der Waals surface area contributed by atoms with Crippen LogP contribution in [0.2, 0.25) is 0 Å². The van der Waals surface area contributed by atoms with Crippen molar-refractivity contribution >= 4 is 17.7 Å². The molecule has 2 amide bonds. The molecular formula is C31H29F6N3O7. The molecule has 16 heteroatoms. The first-order valence-electron chi connectivity index (χ1n) is 14.8. The van der Waals surface area contributed by atoms with E-state index in [1.807, 2.05) is 0 Å². The maximum Gasteiger partial charge on any atom is 0.573 e. The van der Waals surface area contributed by atoms with Crippen LogP contribution in [0, 0.1) is 0 Å². The highest BCUT2D eigenvalue weighted by Crippen LogP contribution is 2.46. The molecule has 2 aromatic carbocycles. The van der Waals surface area contributed by atoms with Crippen LogP contribution in [-0.2, 0) is 16.1 Å². The van der Waals surface area contributed by atoms with E-state index in [2.05, 4.69) is 24.7 Å². The lowest BCUT2D eigenvalue weighted by Crippen LogP contribution is -2.50. The maximum atomic E-state index is 13.3. The number of amides is 2. The number of carbonyl (C=O) groups excluding carboxylic acids is 2. The molecule has 3 aromatic rings. The van der Waals surface area contributed by atoms with E-state index in [0.29, 0.717) is 37.0 Å². The second-order valence-electron chi connectivity index (χ2n) is 11.6. The van der Waals surface area contributed by atoms with Crippen LogP contribution in [0.5, 0.6) is 11.5 Å². The minimum atomic E-state index is -5.08. The molecule has 3 heterocycles. The number of methoxy groups -OCH3 is 1. The van der Waals surface area contributed by atoms with E-state index in [0.717, 1.165) is 32.1 Å². The predicted molar refractivity (Wildman–Crippen MR) is 151 cm³/mol. The van der Waals surface area contributed by atoms with Gasteiger partial charge in [0.1, 0.15) is 28.5 Å². The highest BCUT2D eigenvalue weighted by atomic mass is 19.4. The third-order valence-corrected chi connectivity index (χ3v) is 8.39. The lowest BCUT2D eigenvalue weighted by molar-refractivity contribution is -0.275. The molecule has 2 unspecified atom stereocenters. The average molecular weight is 670 g/mol. The molecule has 0 spiro atoms. The van der Waals surface area contributed by atoms with Gasteiger partial charge in [-0.25, -0.2) is 9.59 Å². The molecule has 1 saturated carbocycles. The molecule has 2 saturated heterocycles. The second kappa shape index (κ2) is 12.6. The lowest BCUT2D eigenvalue weighted by Gasteiger charge is -2.38. The number of alkyl halides is 6. The van der Waals surface area contributed by atoms with Crippen LogP contribution in [0.1, 0.15) is 66.1 Å². The molecule has 1 aromatic heterocycles. The number of fused-ring (bicyclic) bond motifs is 2. The number of piperidine rings is 1. The highest BCUT2D eigenvalue weighted by molar-refractivity contribution is 5.95. The van der Waals surface area contributed by atoms with Crippen molar-refractivity contribution in [2.45, 2.75) is 82.0 Å². The Labute approximate surface area is 263 Å². The van der Waals surface area contributed by atoms with E-state index in [1.54, 1.807) is 11.0 Å². The summed E-state index contributed by atoms with van der Waals surface area (Å²) in [6, 6.07) is 7.93. The van der Waals surface area contributed by atoms with Gasteiger partial charge < -0.3 is 33.7 Å². The molecular weight excluding hydrogens is 640 g/mol. The number of aromatic nitrogens is 1. The Kier molecular flexibility index (Phi) is 8.72. The standard InChI is InChI=1S/C31H29F6N3O7/c1-43-28(41)22-11-8-17(12-25(22)46-31(35,36)37)38-29(42)40-18-9-10-19(40)14-20(13-18)44-15-23-26(39-47-27(23)16-6-7-16)21-4-2-3-5-24(21)45-30(32,33)34/h2-5,8,11-12,16,18-20H,6-7,9-10,13-15H2,1H3,(H,38,42). The summed E-state index contributed by atoms with van der Waals surface area (Å²) in [5.74, 6) is -1.61. The quantitative estimate of drug-likeness (QED) is 0.184. The minimum Gasteiger partial charge on any atom is -0.465 e. The molecule has 0 radical (unpaired) electrons. The van der Waals surface area contributed by atoms with E-state index in [4.69, 9.17) is 9.26 Å². The van der Waals surface area contributed by atoms with Gasteiger partial charge in [-0.15, -0.1) is 26.3 Å². The monoisotopic (exact) mass is 669 g/mol. The molecule has 3 aliphatic rings. The lowest BCUT2D eigenvalue weighted by atomic mass is 9.99. The fourth-order valence-corrected chi connectivity index (χ4v) is 6.29. The van der Waals surface area contributed by atoms with Gasteiger partial charge in [0.05, 0.1) is 19.8 Å². The van der Waals surface area contributed by atoms with Crippen LogP contribution in [-0.4, -0.2) is 60.1 Å². The van der Waals surface area contributed by atoms with Gasteiger partial charge in [-0.2, -0.15) is 0 Å². The number of halogens is 6. The third-order valence-electron chi connectivity index (χ3n) is 8.39. The van der Waals surface area contributed by atoms with Crippen molar-refractivity contribution in [3.63, 3.8) is 0 Å². The summed E-state index contributed by atoms with van der Waals surface area (Å²) < 4.78 is 103. The number of esters is 1. The van der Waals surface area contributed by atoms with Crippen LogP contribution in [0.3, 0.4) is 0 Å². The van der Waals surface area contributed by atoms with Crippen molar-refractivity contribution in [2.75, 3.05) is 12.4 Å². The first-order chi connectivity index (χ1) is 22.3. The van der Waals surface area contributed by atoms with Crippen molar-refractivity contribution in [3.05, 3.63) is 59.4 Å². The van der Waals surface area contributed by atoms with Crippen LogP contribution < -0.4 is 14.8 Å². The van der Waals surface area contributed by atoms with Crippen LogP contribution in [0.25, 0.3) is 11.3 Å². The second-order valence-corrected chi connectivity index (χ2v) is 11.6. The normalized spacial score (nSPS) is 21.0. The van der Waals surface area contributed by atoms with Gasteiger partial charge in [0, 0.05) is 40.9 Å². The van der Waals surface area contributed by atoms with Gasteiger partial charge in [-0.05, 0) is 62.8 Å². The fourth-order valence-electron chi connectivity index (χ4n) is 6.29.